The molecule has 1 aromatic heterocycles. The molecule has 2 heterocycles. The zero-order valence-electron chi connectivity index (χ0n) is 11.2. The van der Waals surface area contributed by atoms with Crippen LogP contribution in [0.1, 0.15) is 6.42 Å². The van der Waals surface area contributed by atoms with Gasteiger partial charge in [-0.1, -0.05) is 11.6 Å². The summed E-state index contributed by atoms with van der Waals surface area (Å²) in [5.41, 5.74) is 0.370. The molecule has 0 fully saturated rings. The van der Waals surface area contributed by atoms with Crippen molar-refractivity contribution in [3.05, 3.63) is 35.4 Å². The van der Waals surface area contributed by atoms with E-state index in [4.69, 9.17) is 11.6 Å². The van der Waals surface area contributed by atoms with Crippen LogP contribution in [-0.4, -0.2) is 26.6 Å². The third-order valence-corrected chi connectivity index (χ3v) is 3.54. The lowest BCUT2D eigenvalue weighted by Gasteiger charge is -2.21. The molecular weight excluding hydrogens is 313 g/mol. The van der Waals surface area contributed by atoms with Crippen molar-refractivity contribution >= 4 is 35.1 Å². The quantitative estimate of drug-likeness (QED) is 0.899. The van der Waals surface area contributed by atoms with Gasteiger partial charge in [-0.05, 0) is 18.2 Å². The van der Waals surface area contributed by atoms with Crippen molar-refractivity contribution < 1.29 is 14.0 Å². The highest BCUT2D eigenvalue weighted by Gasteiger charge is 2.29. The summed E-state index contributed by atoms with van der Waals surface area (Å²) in [6, 6.07) is 3.87. The molecule has 2 amide bonds. The van der Waals surface area contributed by atoms with Crippen molar-refractivity contribution in [2.24, 2.45) is 5.92 Å². The first-order chi connectivity index (χ1) is 10.5. The van der Waals surface area contributed by atoms with E-state index in [2.05, 4.69) is 20.7 Å². The zero-order valence-corrected chi connectivity index (χ0v) is 12.0. The molecule has 3 rings (SSSR count). The summed E-state index contributed by atoms with van der Waals surface area (Å²) in [6.07, 6.45) is 1.30. The molecule has 2 aromatic rings. The minimum Gasteiger partial charge on any atom is -0.326 e. The van der Waals surface area contributed by atoms with Gasteiger partial charge in [-0.3, -0.25) is 14.9 Å². The lowest BCUT2D eigenvalue weighted by Crippen LogP contribution is -2.36. The van der Waals surface area contributed by atoms with Crippen LogP contribution in [0, 0.1) is 11.7 Å². The van der Waals surface area contributed by atoms with E-state index in [1.165, 1.54) is 23.1 Å². The summed E-state index contributed by atoms with van der Waals surface area (Å²) in [7, 11) is 0. The highest BCUT2D eigenvalue weighted by atomic mass is 35.5. The second-order valence-corrected chi connectivity index (χ2v) is 5.24. The summed E-state index contributed by atoms with van der Waals surface area (Å²) < 4.78 is 14.6. The Balaban J connectivity index is 1.64. The molecule has 7 nitrogen and oxygen atoms in total. The predicted molar refractivity (Wildman–Crippen MR) is 76.8 cm³/mol. The third kappa shape index (κ3) is 2.91. The topological polar surface area (TPSA) is 88.9 Å². The van der Waals surface area contributed by atoms with Crippen LogP contribution in [0.25, 0.3) is 0 Å². The zero-order chi connectivity index (χ0) is 15.7. The maximum absolute atomic E-state index is 13.1. The number of anilines is 2. The van der Waals surface area contributed by atoms with Crippen LogP contribution in [0.3, 0.4) is 0 Å². The molecule has 2 N–H and O–H groups in total. The molecule has 0 spiro atoms. The lowest BCUT2D eigenvalue weighted by atomic mass is 10.0. The molecule has 22 heavy (non-hydrogen) atoms. The third-order valence-electron chi connectivity index (χ3n) is 3.25. The number of halogens is 2. The van der Waals surface area contributed by atoms with Gasteiger partial charge in [-0.25, -0.2) is 9.07 Å². The van der Waals surface area contributed by atoms with Crippen LogP contribution >= 0.6 is 11.6 Å². The van der Waals surface area contributed by atoms with E-state index in [1.54, 1.807) is 0 Å². The van der Waals surface area contributed by atoms with Crippen LogP contribution in [0.5, 0.6) is 0 Å². The highest BCUT2D eigenvalue weighted by Crippen LogP contribution is 2.21. The van der Waals surface area contributed by atoms with E-state index in [-0.39, 0.29) is 29.8 Å². The lowest BCUT2D eigenvalue weighted by molar-refractivity contribution is -0.125. The molecule has 9 heteroatoms. The number of aromatic nitrogens is 3. The largest absolute Gasteiger partial charge is 0.326 e. The molecule has 114 valence electrons. The van der Waals surface area contributed by atoms with E-state index >= 15 is 0 Å². The van der Waals surface area contributed by atoms with Crippen molar-refractivity contribution in [1.29, 1.82) is 0 Å². The highest BCUT2D eigenvalue weighted by molar-refractivity contribution is 6.31. The molecule has 0 saturated heterocycles. The average molecular weight is 324 g/mol. The van der Waals surface area contributed by atoms with Crippen molar-refractivity contribution in [3.8, 4) is 0 Å². The summed E-state index contributed by atoms with van der Waals surface area (Å²) in [4.78, 5) is 27.8. The van der Waals surface area contributed by atoms with Gasteiger partial charge in [0.2, 0.25) is 17.8 Å². The Bertz CT molecular complexity index is 748. The van der Waals surface area contributed by atoms with Gasteiger partial charge in [-0.15, -0.1) is 0 Å². The first-order valence-corrected chi connectivity index (χ1v) is 6.84. The molecule has 0 aliphatic carbocycles. The molecule has 1 unspecified atom stereocenters. The second kappa shape index (κ2) is 5.72. The smallest absolute Gasteiger partial charge is 0.232 e. The van der Waals surface area contributed by atoms with Gasteiger partial charge in [0.15, 0.2) is 0 Å². The van der Waals surface area contributed by atoms with E-state index < -0.39 is 11.7 Å². The molecule has 1 aromatic carbocycles. The summed E-state index contributed by atoms with van der Waals surface area (Å²) in [6.45, 7) is 0.277. The normalized spacial score (nSPS) is 16.8. The van der Waals surface area contributed by atoms with Crippen LogP contribution in [-0.2, 0) is 16.1 Å². The van der Waals surface area contributed by atoms with E-state index in [0.717, 1.165) is 6.07 Å². The number of hydrogen-bond acceptors (Lipinski definition) is 4. The molecule has 1 aliphatic heterocycles. The number of amides is 2. The monoisotopic (exact) mass is 323 g/mol. The minimum atomic E-state index is -0.565. The molecular formula is C13H11ClFN5O2. The fourth-order valence-corrected chi connectivity index (χ4v) is 2.35. The van der Waals surface area contributed by atoms with Gasteiger partial charge in [0.25, 0.3) is 0 Å². The van der Waals surface area contributed by atoms with Gasteiger partial charge in [-0.2, -0.15) is 10.1 Å². The van der Waals surface area contributed by atoms with Crippen LogP contribution < -0.4 is 10.6 Å². The number of benzene rings is 1. The Morgan fingerprint density at radius 1 is 1.55 bits per heavy atom. The predicted octanol–water partition coefficient (Wildman–Crippen LogP) is 1.67. The van der Waals surface area contributed by atoms with Crippen molar-refractivity contribution in [2.45, 2.75) is 13.0 Å². The molecule has 0 radical (unpaired) electrons. The number of rotatable bonds is 3. The Labute approximate surface area is 129 Å². The minimum absolute atomic E-state index is 0.0276. The van der Waals surface area contributed by atoms with Crippen LogP contribution in [0.4, 0.5) is 16.0 Å². The first-order valence-electron chi connectivity index (χ1n) is 6.46. The summed E-state index contributed by atoms with van der Waals surface area (Å²) >= 11 is 5.65. The molecule has 0 bridgehead atoms. The van der Waals surface area contributed by atoms with Gasteiger partial charge in [0.1, 0.15) is 12.1 Å². The number of fused-ring (bicyclic) bond motifs is 1. The Kier molecular flexibility index (Phi) is 3.76. The van der Waals surface area contributed by atoms with Crippen molar-refractivity contribution in [3.63, 3.8) is 0 Å². The van der Waals surface area contributed by atoms with Gasteiger partial charge < -0.3 is 5.32 Å². The SMILES string of the molecule is O=C(CC1Cn2ncnc2NC1=O)Nc1ccc(F)c(Cl)c1. The Hall–Kier alpha value is -2.48. The Morgan fingerprint density at radius 3 is 3.14 bits per heavy atom. The van der Waals surface area contributed by atoms with Gasteiger partial charge >= 0.3 is 0 Å². The second-order valence-electron chi connectivity index (χ2n) is 4.83. The van der Waals surface area contributed by atoms with Crippen molar-refractivity contribution in [2.75, 3.05) is 10.6 Å². The maximum atomic E-state index is 13.1. The number of nitrogens with one attached hydrogen (secondary N) is 2. The number of nitrogens with zero attached hydrogens (tertiary/aromatic N) is 3. The Morgan fingerprint density at radius 2 is 2.36 bits per heavy atom. The van der Waals surface area contributed by atoms with Crippen LogP contribution in [0.2, 0.25) is 5.02 Å². The number of carbonyl (C=O) groups excluding carboxylic acids is 2. The first kappa shape index (κ1) is 14.5. The number of hydrogen-bond donors (Lipinski definition) is 2. The molecule has 1 atom stereocenters. The van der Waals surface area contributed by atoms with E-state index in [0.29, 0.717) is 11.6 Å². The molecule has 1 aliphatic rings. The van der Waals surface area contributed by atoms with Crippen molar-refractivity contribution in [1.82, 2.24) is 14.8 Å². The fourth-order valence-electron chi connectivity index (χ4n) is 2.17. The fraction of sp³-hybridized carbons (Fsp3) is 0.231. The van der Waals surface area contributed by atoms with Gasteiger partial charge in [0.05, 0.1) is 17.5 Å². The average Bonchev–Trinajstić information content (AvgIpc) is 2.90. The standard InChI is InChI=1S/C13H11ClFN5O2/c14-9-4-8(1-2-10(9)15)18-11(21)3-7-5-20-13(16-6-17-20)19-12(7)22/h1-2,4,6-7H,3,5H2,(H,18,21)(H,16,17,19,22). The molecule has 0 saturated carbocycles. The van der Waals surface area contributed by atoms with E-state index in [1.807, 2.05) is 0 Å². The van der Waals surface area contributed by atoms with E-state index in [9.17, 15) is 14.0 Å². The van der Waals surface area contributed by atoms with Gasteiger partial charge in [0, 0.05) is 12.1 Å². The summed E-state index contributed by atoms with van der Waals surface area (Å²) in [5.74, 6) is -1.40. The van der Waals surface area contributed by atoms with Crippen LogP contribution in [0.15, 0.2) is 24.5 Å². The maximum Gasteiger partial charge on any atom is 0.232 e. The number of carbonyl (C=O) groups is 2. The summed E-state index contributed by atoms with van der Waals surface area (Å²) in [5, 5.41) is 9.03.